The minimum Gasteiger partial charge on any atom is -0.491 e. The highest BCUT2D eigenvalue weighted by Crippen LogP contribution is 2.38. The second kappa shape index (κ2) is 8.14. The zero-order valence-electron chi connectivity index (χ0n) is 17.4. The van der Waals surface area contributed by atoms with E-state index >= 15 is 0 Å². The number of sulfonamides is 1. The van der Waals surface area contributed by atoms with Gasteiger partial charge in [-0.2, -0.15) is 0 Å². The van der Waals surface area contributed by atoms with E-state index in [4.69, 9.17) is 9.47 Å². The Labute approximate surface area is 175 Å². The summed E-state index contributed by atoms with van der Waals surface area (Å²) in [6.45, 7) is 8.02. The predicted molar refractivity (Wildman–Crippen MR) is 112 cm³/mol. The molecule has 0 unspecified atom stereocenters. The average Bonchev–Trinajstić information content (AvgIpc) is 2.77. The molecule has 1 heterocycles. The molecule has 0 atom stereocenters. The maximum absolute atomic E-state index is 14.1. The van der Waals surface area contributed by atoms with Gasteiger partial charge in [0, 0.05) is 6.54 Å². The number of nitrogens with one attached hydrogen (secondary N) is 1. The summed E-state index contributed by atoms with van der Waals surface area (Å²) in [4.78, 5) is 14.2. The summed E-state index contributed by atoms with van der Waals surface area (Å²) in [5.41, 5.74) is -0.00195. The minimum absolute atomic E-state index is 0.0154. The summed E-state index contributed by atoms with van der Waals surface area (Å²) in [5, 5.41) is 0. The summed E-state index contributed by atoms with van der Waals surface area (Å²) < 4.78 is 52.9. The van der Waals surface area contributed by atoms with Gasteiger partial charge in [0.05, 0.1) is 28.3 Å². The minimum atomic E-state index is -4.05. The molecule has 2 aromatic carbocycles. The van der Waals surface area contributed by atoms with Crippen LogP contribution in [0, 0.1) is 11.2 Å². The van der Waals surface area contributed by atoms with Crippen molar-refractivity contribution in [2.75, 3.05) is 29.4 Å². The topological polar surface area (TPSA) is 84.9 Å². The Hall–Kier alpha value is -2.81. The Morgan fingerprint density at radius 1 is 1.20 bits per heavy atom. The second-order valence-corrected chi connectivity index (χ2v) is 9.22. The molecule has 1 aliphatic heterocycles. The molecule has 2 aromatic rings. The molecule has 1 N–H and O–H groups in total. The molecular formula is C21H25FN2O5S. The van der Waals surface area contributed by atoms with Crippen molar-refractivity contribution in [3.05, 3.63) is 42.2 Å². The lowest BCUT2D eigenvalue weighted by Crippen LogP contribution is -2.42. The van der Waals surface area contributed by atoms with E-state index in [1.807, 2.05) is 6.92 Å². The van der Waals surface area contributed by atoms with Crippen LogP contribution < -0.4 is 19.1 Å². The third-order valence-electron chi connectivity index (χ3n) is 4.74. The first kappa shape index (κ1) is 21.9. The van der Waals surface area contributed by atoms with Gasteiger partial charge in [-0.25, -0.2) is 12.8 Å². The van der Waals surface area contributed by atoms with Crippen LogP contribution in [-0.4, -0.2) is 34.1 Å². The van der Waals surface area contributed by atoms with Crippen LogP contribution in [0.15, 0.2) is 41.3 Å². The van der Waals surface area contributed by atoms with Crippen LogP contribution in [0.3, 0.4) is 0 Å². The summed E-state index contributed by atoms with van der Waals surface area (Å²) in [7, 11) is -4.05. The molecule has 162 valence electrons. The number of nitrogens with zero attached hydrogens (tertiary/aromatic N) is 1. The molecule has 0 aliphatic carbocycles. The van der Waals surface area contributed by atoms with Crippen molar-refractivity contribution in [1.29, 1.82) is 0 Å². The van der Waals surface area contributed by atoms with Crippen LogP contribution in [-0.2, 0) is 14.8 Å². The summed E-state index contributed by atoms with van der Waals surface area (Å²) in [6, 6.07) is 8.15. The normalized spacial score (nSPS) is 15.8. The highest BCUT2D eigenvalue weighted by molar-refractivity contribution is 7.92. The molecule has 0 saturated heterocycles. The van der Waals surface area contributed by atoms with Crippen LogP contribution >= 0.6 is 0 Å². The van der Waals surface area contributed by atoms with Crippen LogP contribution in [0.2, 0.25) is 0 Å². The maximum atomic E-state index is 14.1. The molecule has 0 bridgehead atoms. The monoisotopic (exact) mass is 436 g/mol. The third-order valence-corrected chi connectivity index (χ3v) is 6.12. The molecule has 0 fully saturated rings. The summed E-state index contributed by atoms with van der Waals surface area (Å²) >= 11 is 0. The Balaban J connectivity index is 1.93. The second-order valence-electron chi connectivity index (χ2n) is 7.54. The van der Waals surface area contributed by atoms with E-state index in [0.717, 1.165) is 6.07 Å². The molecule has 0 radical (unpaired) electrons. The van der Waals surface area contributed by atoms with Crippen molar-refractivity contribution in [1.82, 2.24) is 0 Å². The quantitative estimate of drug-likeness (QED) is 0.745. The van der Waals surface area contributed by atoms with Gasteiger partial charge in [-0.05, 0) is 64.1 Å². The molecule has 0 aromatic heterocycles. The van der Waals surface area contributed by atoms with Crippen molar-refractivity contribution in [3.63, 3.8) is 0 Å². The van der Waals surface area contributed by atoms with Crippen molar-refractivity contribution < 1.29 is 27.1 Å². The van der Waals surface area contributed by atoms with E-state index in [2.05, 4.69) is 4.72 Å². The molecule has 1 aliphatic rings. The fourth-order valence-electron chi connectivity index (χ4n) is 3.16. The molecule has 9 heteroatoms. The molecule has 7 nitrogen and oxygen atoms in total. The molecule has 0 spiro atoms. The van der Waals surface area contributed by atoms with Gasteiger partial charge in [-0.1, -0.05) is 0 Å². The predicted octanol–water partition coefficient (Wildman–Crippen LogP) is 3.80. The number of amides is 1. The van der Waals surface area contributed by atoms with Crippen LogP contribution in [0.4, 0.5) is 15.8 Å². The highest BCUT2D eigenvalue weighted by Gasteiger charge is 2.37. The Morgan fingerprint density at radius 3 is 2.57 bits per heavy atom. The third kappa shape index (κ3) is 4.21. The van der Waals surface area contributed by atoms with Gasteiger partial charge in [-0.3, -0.25) is 9.52 Å². The van der Waals surface area contributed by atoms with Gasteiger partial charge < -0.3 is 14.4 Å². The lowest BCUT2D eigenvalue weighted by molar-refractivity contribution is -0.127. The lowest BCUT2D eigenvalue weighted by atomic mass is 9.93. The van der Waals surface area contributed by atoms with Crippen LogP contribution in [0.5, 0.6) is 11.5 Å². The van der Waals surface area contributed by atoms with Crippen molar-refractivity contribution in [3.8, 4) is 11.5 Å². The number of anilines is 2. The van der Waals surface area contributed by atoms with Gasteiger partial charge in [0.2, 0.25) is 5.91 Å². The zero-order chi connectivity index (χ0) is 22.1. The standard InChI is InChI=1S/C21H25FN2O5S/c1-5-24-17-11-14(7-9-19(17)29-13-21(3,4)20(24)25)23-30(26,27)15-8-10-18(28-6-2)16(22)12-15/h7-12,23H,5-6,13H2,1-4H3. The summed E-state index contributed by atoms with van der Waals surface area (Å²) in [6.07, 6.45) is 0. The van der Waals surface area contributed by atoms with Gasteiger partial charge in [-0.15, -0.1) is 0 Å². The SMILES string of the molecule is CCOc1ccc(S(=O)(=O)Nc2ccc3c(c2)N(CC)C(=O)C(C)(C)CO3)cc1F. The van der Waals surface area contributed by atoms with Gasteiger partial charge in [0.1, 0.15) is 12.4 Å². The van der Waals surface area contributed by atoms with E-state index in [1.54, 1.807) is 37.8 Å². The number of carbonyl (C=O) groups is 1. The van der Waals surface area contributed by atoms with E-state index in [1.165, 1.54) is 18.2 Å². The fraction of sp³-hybridized carbons (Fsp3) is 0.381. The van der Waals surface area contributed by atoms with Gasteiger partial charge in [0.15, 0.2) is 11.6 Å². The van der Waals surface area contributed by atoms with Crippen LogP contribution in [0.25, 0.3) is 0 Å². The maximum Gasteiger partial charge on any atom is 0.262 e. The smallest absolute Gasteiger partial charge is 0.262 e. The molecule has 30 heavy (non-hydrogen) atoms. The summed E-state index contributed by atoms with van der Waals surface area (Å²) in [5.74, 6) is -0.401. The van der Waals surface area contributed by atoms with Crippen molar-refractivity contribution in [2.45, 2.75) is 32.6 Å². The first-order valence-electron chi connectivity index (χ1n) is 9.63. The molecule has 0 saturated carbocycles. The number of hydrogen-bond donors (Lipinski definition) is 1. The first-order chi connectivity index (χ1) is 14.1. The first-order valence-corrected chi connectivity index (χ1v) is 11.1. The number of ether oxygens (including phenoxy) is 2. The van der Waals surface area contributed by atoms with E-state index in [0.29, 0.717) is 18.0 Å². The average molecular weight is 437 g/mol. The number of rotatable bonds is 6. The number of fused-ring (bicyclic) bond motifs is 1. The molecular weight excluding hydrogens is 411 g/mol. The van der Waals surface area contributed by atoms with Crippen molar-refractivity contribution >= 4 is 27.3 Å². The Kier molecular flexibility index (Phi) is 5.94. The van der Waals surface area contributed by atoms with E-state index in [9.17, 15) is 17.6 Å². The van der Waals surface area contributed by atoms with E-state index < -0.39 is 21.3 Å². The van der Waals surface area contributed by atoms with E-state index in [-0.39, 0.29) is 35.5 Å². The number of hydrogen-bond acceptors (Lipinski definition) is 5. The van der Waals surface area contributed by atoms with Crippen molar-refractivity contribution in [2.24, 2.45) is 5.41 Å². The van der Waals surface area contributed by atoms with Gasteiger partial charge >= 0.3 is 0 Å². The largest absolute Gasteiger partial charge is 0.491 e. The number of halogens is 1. The Bertz CT molecular complexity index is 1070. The van der Waals surface area contributed by atoms with Crippen LogP contribution in [0.1, 0.15) is 27.7 Å². The molecule has 3 rings (SSSR count). The lowest BCUT2D eigenvalue weighted by Gasteiger charge is -2.27. The number of benzene rings is 2. The fourth-order valence-corrected chi connectivity index (χ4v) is 4.22. The highest BCUT2D eigenvalue weighted by atomic mass is 32.2. The zero-order valence-corrected chi connectivity index (χ0v) is 18.2. The Morgan fingerprint density at radius 2 is 1.93 bits per heavy atom. The van der Waals surface area contributed by atoms with Gasteiger partial charge in [0.25, 0.3) is 10.0 Å². The molecule has 1 amide bonds. The number of carbonyl (C=O) groups excluding carboxylic acids is 1.